The zero-order chi connectivity index (χ0) is 23.4. The van der Waals surface area contributed by atoms with Gasteiger partial charge in [-0.3, -0.25) is 19.3 Å². The van der Waals surface area contributed by atoms with Crippen LogP contribution in [0.25, 0.3) is 6.08 Å². The van der Waals surface area contributed by atoms with Crippen LogP contribution in [0.15, 0.2) is 77.7 Å². The Morgan fingerprint density at radius 1 is 0.970 bits per heavy atom. The fourth-order valence-corrected chi connectivity index (χ4v) is 4.28. The molecule has 3 aromatic rings. The number of carbonyl (C=O) groups excluding carboxylic acids is 3. The molecule has 0 atom stereocenters. The van der Waals surface area contributed by atoms with Crippen LogP contribution in [0.5, 0.6) is 5.75 Å². The Hall–Kier alpha value is -3.06. The van der Waals surface area contributed by atoms with Crippen LogP contribution in [-0.4, -0.2) is 28.4 Å². The number of halogens is 2. The van der Waals surface area contributed by atoms with Gasteiger partial charge in [0.1, 0.15) is 12.4 Å². The zero-order valence-electron chi connectivity index (χ0n) is 17.2. The van der Waals surface area contributed by atoms with Crippen molar-refractivity contribution < 1.29 is 19.1 Å². The number of hydrogen-bond acceptors (Lipinski definition) is 5. The van der Waals surface area contributed by atoms with Gasteiger partial charge in [-0.15, -0.1) is 0 Å². The van der Waals surface area contributed by atoms with Crippen molar-refractivity contribution in [3.63, 3.8) is 0 Å². The summed E-state index contributed by atoms with van der Waals surface area (Å²) in [6.45, 7) is -0.0307. The predicted molar refractivity (Wildman–Crippen MR) is 131 cm³/mol. The SMILES string of the molecule is O=C(CN1C(=O)S/C(=C/c2cccc(OCc3ccccc3Cl)c2)C1=O)c1ccc(Cl)cc1. The summed E-state index contributed by atoms with van der Waals surface area (Å²) in [5.74, 6) is -0.249. The normalized spacial score (nSPS) is 14.7. The minimum Gasteiger partial charge on any atom is -0.489 e. The third-order valence-corrected chi connectivity index (χ3v) is 6.38. The predicted octanol–water partition coefficient (Wildman–Crippen LogP) is 6.49. The molecule has 0 aromatic heterocycles. The van der Waals surface area contributed by atoms with Gasteiger partial charge in [0.2, 0.25) is 0 Å². The van der Waals surface area contributed by atoms with E-state index in [-0.39, 0.29) is 17.2 Å². The monoisotopic (exact) mass is 497 g/mol. The van der Waals surface area contributed by atoms with Crippen molar-refractivity contribution in [2.45, 2.75) is 6.61 Å². The Kier molecular flexibility index (Phi) is 7.18. The van der Waals surface area contributed by atoms with Crippen LogP contribution in [-0.2, 0) is 11.4 Å². The second kappa shape index (κ2) is 10.3. The van der Waals surface area contributed by atoms with Gasteiger partial charge in [0, 0.05) is 21.2 Å². The number of ketones is 1. The van der Waals surface area contributed by atoms with Gasteiger partial charge < -0.3 is 4.74 Å². The highest BCUT2D eigenvalue weighted by Gasteiger charge is 2.36. The Morgan fingerprint density at radius 3 is 2.48 bits per heavy atom. The van der Waals surface area contributed by atoms with Crippen LogP contribution in [0, 0.1) is 0 Å². The molecule has 0 N–H and O–H groups in total. The van der Waals surface area contributed by atoms with Gasteiger partial charge in [-0.1, -0.05) is 53.5 Å². The van der Waals surface area contributed by atoms with Gasteiger partial charge in [-0.2, -0.15) is 0 Å². The minimum atomic E-state index is -0.505. The lowest BCUT2D eigenvalue weighted by Crippen LogP contribution is -2.33. The maximum Gasteiger partial charge on any atom is 0.293 e. The second-order valence-electron chi connectivity index (χ2n) is 7.15. The maximum absolute atomic E-state index is 12.8. The fraction of sp³-hybridized carbons (Fsp3) is 0.0800. The molecule has 1 heterocycles. The molecule has 0 saturated carbocycles. The number of thioether (sulfide) groups is 1. The van der Waals surface area contributed by atoms with Crippen molar-refractivity contribution in [3.8, 4) is 5.75 Å². The third-order valence-electron chi connectivity index (χ3n) is 4.85. The number of rotatable bonds is 7. The summed E-state index contributed by atoms with van der Waals surface area (Å²) < 4.78 is 5.82. The van der Waals surface area contributed by atoms with Crippen LogP contribution in [0.1, 0.15) is 21.5 Å². The molecule has 5 nitrogen and oxygen atoms in total. The highest BCUT2D eigenvalue weighted by atomic mass is 35.5. The Bertz CT molecular complexity index is 1260. The molecule has 0 bridgehead atoms. The first-order chi connectivity index (χ1) is 15.9. The Labute approximate surface area is 204 Å². The van der Waals surface area contributed by atoms with Crippen molar-refractivity contribution in [2.75, 3.05) is 6.54 Å². The number of nitrogens with zero attached hydrogens (tertiary/aromatic N) is 1. The minimum absolute atomic E-state index is 0.243. The topological polar surface area (TPSA) is 63.7 Å². The lowest BCUT2D eigenvalue weighted by atomic mass is 10.1. The molecule has 0 radical (unpaired) electrons. The molecule has 1 fully saturated rings. The van der Waals surface area contributed by atoms with E-state index in [0.717, 1.165) is 22.2 Å². The summed E-state index contributed by atoms with van der Waals surface area (Å²) >= 11 is 12.8. The molecule has 8 heteroatoms. The number of amides is 2. The molecular weight excluding hydrogens is 481 g/mol. The van der Waals surface area contributed by atoms with Gasteiger partial charge in [0.15, 0.2) is 5.78 Å². The number of hydrogen-bond donors (Lipinski definition) is 0. The number of imide groups is 1. The lowest BCUT2D eigenvalue weighted by Gasteiger charge is -2.11. The van der Waals surface area contributed by atoms with Gasteiger partial charge >= 0.3 is 0 Å². The van der Waals surface area contributed by atoms with Crippen LogP contribution in [0.3, 0.4) is 0 Å². The largest absolute Gasteiger partial charge is 0.489 e. The summed E-state index contributed by atoms with van der Waals surface area (Å²) in [7, 11) is 0. The third kappa shape index (κ3) is 5.66. The van der Waals surface area contributed by atoms with Crippen LogP contribution in [0.4, 0.5) is 4.79 Å². The second-order valence-corrected chi connectivity index (χ2v) is 8.99. The molecule has 0 spiro atoms. The molecule has 1 saturated heterocycles. The standard InChI is InChI=1S/C25H17Cl2NO4S/c26-19-10-8-17(9-11-19)22(29)14-28-24(30)23(33-25(28)31)13-16-4-3-6-20(12-16)32-15-18-5-1-2-7-21(18)27/h1-13H,14-15H2/b23-13+. The van der Waals surface area contributed by atoms with Gasteiger partial charge in [0.05, 0.1) is 11.4 Å². The van der Waals surface area contributed by atoms with E-state index in [4.69, 9.17) is 27.9 Å². The zero-order valence-corrected chi connectivity index (χ0v) is 19.5. The van der Waals surface area contributed by atoms with E-state index in [1.54, 1.807) is 60.7 Å². The van der Waals surface area contributed by atoms with Crippen LogP contribution in [0.2, 0.25) is 10.0 Å². The van der Waals surface area contributed by atoms with E-state index in [0.29, 0.717) is 33.5 Å². The lowest BCUT2D eigenvalue weighted by molar-refractivity contribution is -0.122. The first kappa shape index (κ1) is 23.1. The molecule has 166 valence electrons. The van der Waals surface area contributed by atoms with Crippen molar-refractivity contribution in [1.82, 2.24) is 4.90 Å². The molecule has 0 unspecified atom stereocenters. The van der Waals surface area contributed by atoms with E-state index in [9.17, 15) is 14.4 Å². The first-order valence-electron chi connectivity index (χ1n) is 9.91. The van der Waals surface area contributed by atoms with E-state index < -0.39 is 11.1 Å². The first-order valence-corrected chi connectivity index (χ1v) is 11.5. The summed E-state index contributed by atoms with van der Waals surface area (Å²) in [6, 6.07) is 20.9. The van der Waals surface area contributed by atoms with Gasteiger partial charge in [-0.05, 0) is 65.9 Å². The average molecular weight is 498 g/mol. The Morgan fingerprint density at radius 2 is 1.73 bits per heavy atom. The quantitative estimate of drug-likeness (QED) is 0.275. The number of Topliss-reactive ketones (excluding diaryl/α,β-unsaturated/α-hetero) is 1. The molecule has 4 rings (SSSR count). The van der Waals surface area contributed by atoms with Crippen molar-refractivity contribution in [2.24, 2.45) is 0 Å². The Balaban J connectivity index is 1.44. The smallest absolute Gasteiger partial charge is 0.293 e. The number of carbonyl (C=O) groups is 3. The fourth-order valence-electron chi connectivity index (χ4n) is 3.13. The molecule has 0 aliphatic carbocycles. The van der Waals surface area contributed by atoms with Gasteiger partial charge in [-0.25, -0.2) is 0 Å². The molecule has 2 amide bonds. The van der Waals surface area contributed by atoms with Crippen molar-refractivity contribution >= 4 is 58.0 Å². The highest BCUT2D eigenvalue weighted by Crippen LogP contribution is 2.33. The molecule has 3 aromatic carbocycles. The molecule has 1 aliphatic rings. The average Bonchev–Trinajstić information content (AvgIpc) is 3.06. The molecular formula is C25H17Cl2NO4S. The van der Waals surface area contributed by atoms with Gasteiger partial charge in [0.25, 0.3) is 11.1 Å². The van der Waals surface area contributed by atoms with E-state index >= 15 is 0 Å². The summed E-state index contributed by atoms with van der Waals surface area (Å²) in [5.41, 5.74) is 1.93. The van der Waals surface area contributed by atoms with Crippen molar-refractivity contribution in [1.29, 1.82) is 0 Å². The van der Waals surface area contributed by atoms with Crippen LogP contribution < -0.4 is 4.74 Å². The summed E-state index contributed by atoms with van der Waals surface area (Å²) in [5, 5.41) is 0.633. The summed E-state index contributed by atoms with van der Waals surface area (Å²) in [6.07, 6.45) is 1.61. The van der Waals surface area contributed by atoms with E-state index in [1.807, 2.05) is 18.2 Å². The highest BCUT2D eigenvalue weighted by molar-refractivity contribution is 8.18. The van der Waals surface area contributed by atoms with Crippen molar-refractivity contribution in [3.05, 3.63) is 104 Å². The molecule has 1 aliphatic heterocycles. The molecule has 33 heavy (non-hydrogen) atoms. The van der Waals surface area contributed by atoms with E-state index in [1.165, 1.54) is 0 Å². The number of benzene rings is 3. The summed E-state index contributed by atoms with van der Waals surface area (Å²) in [4.78, 5) is 38.8. The maximum atomic E-state index is 12.8. The number of ether oxygens (including phenoxy) is 1. The van der Waals surface area contributed by atoms with E-state index in [2.05, 4.69) is 0 Å². The van der Waals surface area contributed by atoms with Crippen LogP contribution >= 0.6 is 35.0 Å².